The molecule has 1 fully saturated rings. The summed E-state index contributed by atoms with van der Waals surface area (Å²) >= 11 is 3.30. The zero-order valence-corrected chi connectivity index (χ0v) is 10.2. The molecule has 82 valence electrons. The van der Waals surface area contributed by atoms with E-state index in [2.05, 4.69) is 4.98 Å². The normalized spacial score (nSPS) is 15.5. The molecule has 1 N–H and O–H groups in total. The summed E-state index contributed by atoms with van der Waals surface area (Å²) in [7, 11) is 0. The Kier molecular flexibility index (Phi) is 3.31. The molecule has 1 aromatic heterocycles. The van der Waals surface area contributed by atoms with E-state index in [-0.39, 0.29) is 6.42 Å². The standard InChI is InChI=1S/C10H13NO2S2/c1-6-8(4-9(12)13)15-10(11-6)14-5-7-2-3-7/h7H,2-5H2,1H3,(H,12,13). The highest BCUT2D eigenvalue weighted by molar-refractivity contribution is 8.01. The highest BCUT2D eigenvalue weighted by atomic mass is 32.2. The van der Waals surface area contributed by atoms with E-state index in [0.29, 0.717) is 0 Å². The van der Waals surface area contributed by atoms with Crippen LogP contribution in [0.25, 0.3) is 0 Å². The largest absolute Gasteiger partial charge is 0.481 e. The van der Waals surface area contributed by atoms with Gasteiger partial charge in [0.15, 0.2) is 0 Å². The number of aromatic nitrogens is 1. The van der Waals surface area contributed by atoms with E-state index in [1.165, 1.54) is 24.2 Å². The first-order chi connectivity index (χ1) is 7.15. The van der Waals surface area contributed by atoms with Gasteiger partial charge >= 0.3 is 5.97 Å². The van der Waals surface area contributed by atoms with Gasteiger partial charge in [0.05, 0.1) is 12.1 Å². The zero-order chi connectivity index (χ0) is 10.8. The highest BCUT2D eigenvalue weighted by Crippen LogP contribution is 2.36. The van der Waals surface area contributed by atoms with Crippen molar-refractivity contribution in [3.8, 4) is 0 Å². The van der Waals surface area contributed by atoms with Crippen LogP contribution < -0.4 is 0 Å². The summed E-state index contributed by atoms with van der Waals surface area (Å²) < 4.78 is 1.02. The van der Waals surface area contributed by atoms with Crippen molar-refractivity contribution in [1.29, 1.82) is 0 Å². The molecule has 1 aliphatic carbocycles. The maximum Gasteiger partial charge on any atom is 0.308 e. The number of carboxylic acid groups (broad SMARTS) is 1. The van der Waals surface area contributed by atoms with Crippen molar-refractivity contribution >= 4 is 29.1 Å². The Hall–Kier alpha value is -0.550. The Bertz CT molecular complexity index is 371. The molecule has 1 saturated carbocycles. The quantitative estimate of drug-likeness (QED) is 0.808. The molecule has 0 radical (unpaired) electrons. The highest BCUT2D eigenvalue weighted by Gasteiger charge is 2.22. The van der Waals surface area contributed by atoms with Gasteiger partial charge in [-0.15, -0.1) is 11.3 Å². The van der Waals surface area contributed by atoms with Gasteiger partial charge < -0.3 is 5.11 Å². The van der Waals surface area contributed by atoms with Crippen molar-refractivity contribution in [3.63, 3.8) is 0 Å². The number of thioether (sulfide) groups is 1. The minimum Gasteiger partial charge on any atom is -0.481 e. The maximum atomic E-state index is 10.6. The van der Waals surface area contributed by atoms with Crippen molar-refractivity contribution in [2.24, 2.45) is 5.92 Å². The van der Waals surface area contributed by atoms with Gasteiger partial charge in [-0.05, 0) is 25.7 Å². The van der Waals surface area contributed by atoms with E-state index in [1.54, 1.807) is 11.8 Å². The molecule has 1 aromatic rings. The van der Waals surface area contributed by atoms with Gasteiger partial charge in [-0.1, -0.05) is 11.8 Å². The molecule has 1 heterocycles. The van der Waals surface area contributed by atoms with Crippen LogP contribution >= 0.6 is 23.1 Å². The first-order valence-corrected chi connectivity index (χ1v) is 6.76. The molecule has 5 heteroatoms. The van der Waals surface area contributed by atoms with E-state index in [0.717, 1.165) is 26.6 Å². The number of rotatable bonds is 5. The third kappa shape index (κ3) is 3.21. The fraction of sp³-hybridized carbons (Fsp3) is 0.600. The molecule has 0 atom stereocenters. The van der Waals surface area contributed by atoms with Gasteiger partial charge in [0.2, 0.25) is 0 Å². The number of thiazole rings is 1. The van der Waals surface area contributed by atoms with Crippen LogP contribution in [0.4, 0.5) is 0 Å². The summed E-state index contributed by atoms with van der Waals surface area (Å²) in [5, 5.41) is 8.70. The van der Waals surface area contributed by atoms with E-state index in [9.17, 15) is 4.79 Å². The molecule has 1 aliphatic rings. The number of hydrogen-bond acceptors (Lipinski definition) is 4. The topological polar surface area (TPSA) is 50.2 Å². The fourth-order valence-corrected chi connectivity index (χ4v) is 3.68. The molecule has 2 rings (SSSR count). The van der Waals surface area contributed by atoms with Gasteiger partial charge in [-0.25, -0.2) is 4.98 Å². The van der Waals surface area contributed by atoms with Gasteiger partial charge in [-0.2, -0.15) is 0 Å². The summed E-state index contributed by atoms with van der Waals surface area (Å²) in [5.41, 5.74) is 0.876. The van der Waals surface area contributed by atoms with Crippen molar-refractivity contribution in [2.45, 2.75) is 30.5 Å². The predicted molar refractivity (Wildman–Crippen MR) is 61.6 cm³/mol. The lowest BCUT2D eigenvalue weighted by atomic mass is 10.3. The van der Waals surface area contributed by atoms with Crippen LogP contribution in [-0.4, -0.2) is 21.8 Å². The molecule has 0 amide bonds. The number of carbonyl (C=O) groups is 1. The fourth-order valence-electron chi connectivity index (χ4n) is 1.24. The minimum absolute atomic E-state index is 0.105. The second-order valence-corrected chi connectivity index (χ2v) is 6.16. The van der Waals surface area contributed by atoms with Crippen LogP contribution in [0, 0.1) is 12.8 Å². The van der Waals surface area contributed by atoms with Gasteiger partial charge in [0.25, 0.3) is 0 Å². The molecule has 15 heavy (non-hydrogen) atoms. The van der Waals surface area contributed by atoms with Crippen LogP contribution in [0.3, 0.4) is 0 Å². The summed E-state index contributed by atoms with van der Waals surface area (Å²) in [6, 6.07) is 0. The van der Waals surface area contributed by atoms with Gasteiger partial charge in [0.1, 0.15) is 4.34 Å². The summed E-state index contributed by atoms with van der Waals surface area (Å²) in [5.74, 6) is 1.24. The molecule has 0 saturated heterocycles. The van der Waals surface area contributed by atoms with Crippen molar-refractivity contribution in [1.82, 2.24) is 4.98 Å². The Morgan fingerprint density at radius 2 is 2.40 bits per heavy atom. The number of hydrogen-bond donors (Lipinski definition) is 1. The lowest BCUT2D eigenvalue weighted by molar-refractivity contribution is -0.136. The first kappa shape index (κ1) is 11.0. The Balaban J connectivity index is 1.96. The average molecular weight is 243 g/mol. The second-order valence-electron chi connectivity index (χ2n) is 3.81. The summed E-state index contributed by atoms with van der Waals surface area (Å²) in [4.78, 5) is 15.8. The third-order valence-corrected chi connectivity index (χ3v) is 4.86. The Labute approximate surface area is 96.9 Å². The SMILES string of the molecule is Cc1nc(SCC2CC2)sc1CC(=O)O. The first-order valence-electron chi connectivity index (χ1n) is 4.96. The number of nitrogens with zero attached hydrogens (tertiary/aromatic N) is 1. The van der Waals surface area contributed by atoms with Crippen LogP contribution in [0.5, 0.6) is 0 Å². The average Bonchev–Trinajstić information content (AvgIpc) is 2.90. The lowest BCUT2D eigenvalue weighted by Crippen LogP contribution is -1.99. The van der Waals surface area contributed by atoms with Crippen LogP contribution in [0.15, 0.2) is 4.34 Å². The number of carboxylic acids is 1. The van der Waals surface area contributed by atoms with E-state index in [1.807, 2.05) is 6.92 Å². The molecule has 0 unspecified atom stereocenters. The predicted octanol–water partition coefficient (Wildman–Crippen LogP) is 2.58. The van der Waals surface area contributed by atoms with E-state index >= 15 is 0 Å². The molecule has 0 bridgehead atoms. The maximum absolute atomic E-state index is 10.6. The summed E-state index contributed by atoms with van der Waals surface area (Å²) in [6.07, 6.45) is 2.80. The molecule has 3 nitrogen and oxygen atoms in total. The molecule has 0 spiro atoms. The molecule has 0 aliphatic heterocycles. The van der Waals surface area contributed by atoms with Gasteiger partial charge in [0, 0.05) is 10.6 Å². The lowest BCUT2D eigenvalue weighted by Gasteiger charge is -1.92. The second kappa shape index (κ2) is 4.53. The number of aliphatic carboxylic acids is 1. The number of aryl methyl sites for hydroxylation is 1. The van der Waals surface area contributed by atoms with Gasteiger partial charge in [-0.3, -0.25) is 4.79 Å². The molecular formula is C10H13NO2S2. The smallest absolute Gasteiger partial charge is 0.308 e. The van der Waals surface area contributed by atoms with Crippen molar-refractivity contribution < 1.29 is 9.90 Å². The minimum atomic E-state index is -0.777. The van der Waals surface area contributed by atoms with Crippen LogP contribution in [0.1, 0.15) is 23.4 Å². The van der Waals surface area contributed by atoms with Crippen LogP contribution in [-0.2, 0) is 11.2 Å². The van der Waals surface area contributed by atoms with Crippen molar-refractivity contribution in [3.05, 3.63) is 10.6 Å². The van der Waals surface area contributed by atoms with Crippen molar-refractivity contribution in [2.75, 3.05) is 5.75 Å². The monoisotopic (exact) mass is 243 g/mol. The molecular weight excluding hydrogens is 230 g/mol. The summed E-state index contributed by atoms with van der Waals surface area (Å²) in [6.45, 7) is 1.88. The molecule has 0 aromatic carbocycles. The zero-order valence-electron chi connectivity index (χ0n) is 8.52. The third-order valence-electron chi connectivity index (χ3n) is 2.32. The van der Waals surface area contributed by atoms with E-state index < -0.39 is 5.97 Å². The Morgan fingerprint density at radius 3 is 3.00 bits per heavy atom. The Morgan fingerprint density at radius 1 is 1.67 bits per heavy atom. The van der Waals surface area contributed by atoms with E-state index in [4.69, 9.17) is 5.11 Å². The van der Waals surface area contributed by atoms with Crippen LogP contribution in [0.2, 0.25) is 0 Å².